The van der Waals surface area contributed by atoms with Gasteiger partial charge in [0.05, 0.1) is 26.7 Å². The Morgan fingerprint density at radius 2 is 2.08 bits per heavy atom. The second kappa shape index (κ2) is 13.0. The average Bonchev–Trinajstić information content (AvgIpc) is 3.56. The molecule has 4 rings (SSSR count). The first-order valence-corrected chi connectivity index (χ1v) is 13.8. The highest BCUT2D eigenvalue weighted by molar-refractivity contribution is 7.53. The van der Waals surface area contributed by atoms with Gasteiger partial charge in [0.25, 0.3) is 5.56 Å². The lowest BCUT2D eigenvalue weighted by molar-refractivity contribution is -0.0211. The molecule has 1 atom stereocenters. The van der Waals surface area contributed by atoms with Gasteiger partial charge >= 0.3 is 13.8 Å². The standard InChI is InChI=1S/C23H29FN5O9P/c1-33-18-7-6-15(10-17(18)24)11-36-39(32,37-13-35-23(31)38-16-4-2-3-5-16)14-34-9-8-29-12-26-19-20(29)27-22(25)28-21(19)30/h6-7,10,12,16H,2-5,8-9,11,13-14H2,1H3,(H3,25,27,28,30). The molecule has 1 aliphatic rings. The number of H-pyrrole nitrogens is 1. The maximum Gasteiger partial charge on any atom is 0.510 e. The summed E-state index contributed by atoms with van der Waals surface area (Å²) in [4.78, 5) is 34.3. The minimum Gasteiger partial charge on any atom is -0.494 e. The van der Waals surface area contributed by atoms with Crippen LogP contribution in [0.3, 0.4) is 0 Å². The normalized spacial score (nSPS) is 15.3. The van der Waals surface area contributed by atoms with E-state index in [4.69, 9.17) is 33.7 Å². The van der Waals surface area contributed by atoms with Gasteiger partial charge in [-0.25, -0.2) is 14.2 Å². The zero-order valence-electron chi connectivity index (χ0n) is 21.2. The van der Waals surface area contributed by atoms with Crippen LogP contribution in [-0.4, -0.2) is 58.6 Å². The number of nitrogens with one attached hydrogen (secondary N) is 1. The number of aromatic nitrogens is 4. The first-order valence-electron chi connectivity index (χ1n) is 12.1. The lowest BCUT2D eigenvalue weighted by Crippen LogP contribution is -2.17. The lowest BCUT2D eigenvalue weighted by Gasteiger charge is -2.19. The van der Waals surface area contributed by atoms with Crippen LogP contribution >= 0.6 is 7.60 Å². The van der Waals surface area contributed by atoms with Crippen LogP contribution in [0.25, 0.3) is 11.2 Å². The Kier molecular flexibility index (Phi) is 9.51. The van der Waals surface area contributed by atoms with Crippen LogP contribution in [0.2, 0.25) is 0 Å². The molecule has 1 aliphatic carbocycles. The van der Waals surface area contributed by atoms with Crippen LogP contribution in [0.1, 0.15) is 31.2 Å². The van der Waals surface area contributed by atoms with Crippen LogP contribution in [0.5, 0.6) is 5.75 Å². The number of nitrogens with two attached hydrogens (primary N) is 1. The summed E-state index contributed by atoms with van der Waals surface area (Å²) in [5.41, 5.74) is 5.84. The van der Waals surface area contributed by atoms with Crippen molar-refractivity contribution < 1.29 is 41.7 Å². The Hall–Kier alpha value is -3.52. The van der Waals surface area contributed by atoms with Gasteiger partial charge in [0.1, 0.15) is 12.5 Å². The Bertz CT molecular complexity index is 1390. The molecule has 0 spiro atoms. The number of fused-ring (bicyclic) bond motifs is 1. The summed E-state index contributed by atoms with van der Waals surface area (Å²) in [5.74, 6) is -0.645. The number of carbonyl (C=O) groups excluding carboxylic acids is 1. The van der Waals surface area contributed by atoms with E-state index in [9.17, 15) is 18.5 Å². The van der Waals surface area contributed by atoms with Crippen LogP contribution in [-0.2, 0) is 41.0 Å². The van der Waals surface area contributed by atoms with E-state index in [1.165, 1.54) is 36.2 Å². The van der Waals surface area contributed by atoms with Crippen molar-refractivity contribution in [2.45, 2.75) is 44.9 Å². The van der Waals surface area contributed by atoms with Crippen molar-refractivity contribution in [1.29, 1.82) is 0 Å². The molecule has 1 unspecified atom stereocenters. The number of nitrogen functional groups attached to an aromatic ring is 1. The molecule has 2 heterocycles. The largest absolute Gasteiger partial charge is 0.510 e. The van der Waals surface area contributed by atoms with E-state index >= 15 is 0 Å². The Balaban J connectivity index is 1.34. The van der Waals surface area contributed by atoms with E-state index in [1.807, 2.05) is 0 Å². The third-order valence-corrected chi connectivity index (χ3v) is 7.37. The number of rotatable bonds is 13. The Labute approximate surface area is 222 Å². The minimum absolute atomic E-state index is 0.00169. The van der Waals surface area contributed by atoms with Crippen LogP contribution in [0.4, 0.5) is 15.1 Å². The van der Waals surface area contributed by atoms with Gasteiger partial charge in [0, 0.05) is 6.54 Å². The third-order valence-electron chi connectivity index (χ3n) is 5.85. The fourth-order valence-electron chi connectivity index (χ4n) is 3.89. The van der Waals surface area contributed by atoms with Gasteiger partial charge in [0.2, 0.25) is 12.7 Å². The first kappa shape index (κ1) is 28.5. The van der Waals surface area contributed by atoms with E-state index in [0.717, 1.165) is 25.7 Å². The highest BCUT2D eigenvalue weighted by atomic mass is 31.2. The molecular formula is C23H29FN5O9P. The molecule has 16 heteroatoms. The van der Waals surface area contributed by atoms with Gasteiger partial charge in [-0.1, -0.05) is 6.07 Å². The van der Waals surface area contributed by atoms with Gasteiger partial charge in [-0.15, -0.1) is 0 Å². The van der Waals surface area contributed by atoms with Gasteiger partial charge in [-0.2, -0.15) is 4.98 Å². The van der Waals surface area contributed by atoms with E-state index in [0.29, 0.717) is 5.56 Å². The van der Waals surface area contributed by atoms with Crippen LogP contribution in [0.15, 0.2) is 29.3 Å². The number of anilines is 1. The van der Waals surface area contributed by atoms with Crippen molar-refractivity contribution >= 4 is 30.9 Å². The fraction of sp³-hybridized carbons (Fsp3) is 0.478. The number of hydrogen-bond donors (Lipinski definition) is 2. The first-order chi connectivity index (χ1) is 18.8. The Morgan fingerprint density at radius 3 is 2.82 bits per heavy atom. The lowest BCUT2D eigenvalue weighted by atomic mass is 10.2. The van der Waals surface area contributed by atoms with E-state index in [2.05, 4.69) is 15.0 Å². The van der Waals surface area contributed by atoms with E-state index < -0.39 is 38.3 Å². The maximum absolute atomic E-state index is 14.1. The van der Waals surface area contributed by atoms with Crippen molar-refractivity contribution in [3.63, 3.8) is 0 Å². The summed E-state index contributed by atoms with van der Waals surface area (Å²) in [6.07, 6.45) is 3.16. The second-order valence-corrected chi connectivity index (χ2v) is 10.6. The molecule has 2 aromatic heterocycles. The Morgan fingerprint density at radius 1 is 1.28 bits per heavy atom. The van der Waals surface area contributed by atoms with E-state index in [-0.39, 0.29) is 48.7 Å². The number of carbonyl (C=O) groups is 1. The van der Waals surface area contributed by atoms with Crippen molar-refractivity contribution in [3.8, 4) is 5.75 Å². The predicted octanol–water partition coefficient (Wildman–Crippen LogP) is 3.30. The molecule has 1 aromatic carbocycles. The van der Waals surface area contributed by atoms with Gasteiger partial charge in [-0.05, 0) is 43.4 Å². The van der Waals surface area contributed by atoms with Gasteiger partial charge in [-0.3, -0.25) is 18.9 Å². The molecule has 3 aromatic rings. The second-order valence-electron chi connectivity index (χ2n) is 8.62. The summed E-state index contributed by atoms with van der Waals surface area (Å²) >= 11 is 0. The van der Waals surface area contributed by atoms with E-state index in [1.54, 1.807) is 0 Å². The summed E-state index contributed by atoms with van der Waals surface area (Å²) < 4.78 is 60.2. The maximum atomic E-state index is 14.1. The summed E-state index contributed by atoms with van der Waals surface area (Å²) in [6, 6.07) is 4.11. The number of aromatic amines is 1. The summed E-state index contributed by atoms with van der Waals surface area (Å²) in [6.45, 7) is -0.813. The predicted molar refractivity (Wildman–Crippen MR) is 135 cm³/mol. The zero-order valence-corrected chi connectivity index (χ0v) is 22.1. The SMILES string of the molecule is COc1ccc(COP(=O)(COCCn2cnc3c(=O)[nH]c(N)nc32)OCOC(=O)OC2CCCC2)cc1F. The average molecular weight is 569 g/mol. The smallest absolute Gasteiger partial charge is 0.494 e. The quantitative estimate of drug-likeness (QED) is 0.133. The molecular weight excluding hydrogens is 540 g/mol. The zero-order chi connectivity index (χ0) is 27.8. The topological polar surface area (TPSA) is 179 Å². The highest BCUT2D eigenvalue weighted by Crippen LogP contribution is 2.49. The van der Waals surface area contributed by atoms with Crippen molar-refractivity contribution in [1.82, 2.24) is 19.5 Å². The summed E-state index contributed by atoms with van der Waals surface area (Å²) in [7, 11) is -2.67. The summed E-state index contributed by atoms with van der Waals surface area (Å²) in [5, 5.41) is 0. The molecule has 1 saturated carbocycles. The van der Waals surface area contributed by atoms with Crippen LogP contribution < -0.4 is 16.0 Å². The molecule has 0 amide bonds. The number of benzene rings is 1. The number of nitrogens with zero attached hydrogens (tertiary/aromatic N) is 3. The van der Waals surface area contributed by atoms with Crippen LogP contribution in [0, 0.1) is 5.82 Å². The minimum atomic E-state index is -4.01. The van der Waals surface area contributed by atoms with Crippen molar-refractivity contribution in [2.75, 3.05) is 32.6 Å². The molecule has 0 radical (unpaired) electrons. The molecule has 0 aliphatic heterocycles. The molecule has 1 fully saturated rings. The van der Waals surface area contributed by atoms with Gasteiger partial charge < -0.3 is 33.8 Å². The monoisotopic (exact) mass is 569 g/mol. The number of ether oxygens (including phenoxy) is 4. The molecule has 0 bridgehead atoms. The number of halogens is 1. The molecule has 0 saturated heterocycles. The van der Waals surface area contributed by atoms with Crippen molar-refractivity contribution in [3.05, 3.63) is 46.3 Å². The molecule has 3 N–H and O–H groups in total. The third kappa shape index (κ3) is 7.76. The number of methoxy groups -OCH3 is 1. The van der Waals surface area contributed by atoms with Crippen molar-refractivity contribution in [2.24, 2.45) is 0 Å². The fourth-order valence-corrected chi connectivity index (χ4v) is 5.02. The number of imidazole rings is 1. The molecule has 39 heavy (non-hydrogen) atoms. The molecule has 212 valence electrons. The highest BCUT2D eigenvalue weighted by Gasteiger charge is 2.27. The van der Waals surface area contributed by atoms with Gasteiger partial charge in [0.15, 0.2) is 22.7 Å². The molecule has 14 nitrogen and oxygen atoms in total. The number of hydrogen-bond acceptors (Lipinski definition) is 12.